The van der Waals surface area contributed by atoms with Crippen molar-refractivity contribution in [1.82, 2.24) is 29.5 Å². The minimum Gasteiger partial charge on any atom is -0.387 e. The Balaban J connectivity index is 1.42. The smallest absolute Gasteiger partial charge is 0.248 e. The van der Waals surface area contributed by atoms with Gasteiger partial charge in [-0.2, -0.15) is 9.61 Å². The molecule has 1 unspecified atom stereocenters. The highest BCUT2D eigenvalue weighted by molar-refractivity contribution is 6.00. The lowest BCUT2D eigenvalue weighted by molar-refractivity contribution is -0.138. The standard InChI is InChI=1S/C26H27N7O3/c1-14(35)22-23(17-10-18-6-7-19(11-17)32(18)21(36)13-34)31-26-20(12-30-33(26)24(22)27)15-2-4-16(5-3-15)25-28-8-9-29-25/h2-5,8-9,12,17-19,34H,6-7,10-11,13,27H2,1H3,(H,28,29)/t17?,18-,19+. The van der Waals surface area contributed by atoms with Crippen molar-refractivity contribution in [2.75, 3.05) is 12.3 Å². The first-order valence-electron chi connectivity index (χ1n) is 12.2. The first kappa shape index (κ1) is 22.4. The highest BCUT2D eigenvalue weighted by atomic mass is 16.3. The summed E-state index contributed by atoms with van der Waals surface area (Å²) in [6, 6.07) is 8.01. The molecule has 1 aromatic carbocycles. The summed E-state index contributed by atoms with van der Waals surface area (Å²) in [6.07, 6.45) is 8.37. The van der Waals surface area contributed by atoms with E-state index >= 15 is 0 Å². The van der Waals surface area contributed by atoms with E-state index in [1.807, 2.05) is 29.2 Å². The number of fused-ring (bicyclic) bond motifs is 3. The number of aliphatic hydroxyl groups is 1. The maximum atomic E-state index is 12.7. The van der Waals surface area contributed by atoms with Crippen molar-refractivity contribution in [2.24, 2.45) is 0 Å². The number of aromatic amines is 1. The molecule has 10 nitrogen and oxygen atoms in total. The lowest BCUT2D eigenvalue weighted by Crippen LogP contribution is -2.47. The van der Waals surface area contributed by atoms with Gasteiger partial charge in [-0.25, -0.2) is 9.97 Å². The van der Waals surface area contributed by atoms with Crippen LogP contribution in [0.2, 0.25) is 0 Å². The molecule has 2 saturated heterocycles. The van der Waals surface area contributed by atoms with Crippen LogP contribution in [0.5, 0.6) is 0 Å². The molecule has 5 heterocycles. The van der Waals surface area contributed by atoms with Crippen molar-refractivity contribution in [3.05, 3.63) is 54.1 Å². The van der Waals surface area contributed by atoms with Crippen LogP contribution in [0.4, 0.5) is 5.82 Å². The van der Waals surface area contributed by atoms with Crippen molar-refractivity contribution in [2.45, 2.75) is 50.6 Å². The van der Waals surface area contributed by atoms with Crippen molar-refractivity contribution in [3.63, 3.8) is 0 Å². The molecule has 3 atom stereocenters. The van der Waals surface area contributed by atoms with Gasteiger partial charge in [-0.1, -0.05) is 24.3 Å². The quantitative estimate of drug-likeness (QED) is 0.369. The summed E-state index contributed by atoms with van der Waals surface area (Å²) in [6.45, 7) is 1.02. The van der Waals surface area contributed by atoms with E-state index in [1.54, 1.807) is 18.6 Å². The van der Waals surface area contributed by atoms with E-state index in [0.29, 0.717) is 29.7 Å². The summed E-state index contributed by atoms with van der Waals surface area (Å²) in [5.41, 5.74) is 10.9. The van der Waals surface area contributed by atoms with Gasteiger partial charge in [0.25, 0.3) is 0 Å². The number of amides is 1. The molecule has 2 fully saturated rings. The lowest BCUT2D eigenvalue weighted by Gasteiger charge is -2.39. The van der Waals surface area contributed by atoms with Crippen molar-refractivity contribution in [1.29, 1.82) is 0 Å². The number of rotatable bonds is 5. The number of nitrogens with one attached hydrogen (secondary N) is 1. The number of carbonyl (C=O) groups is 2. The Morgan fingerprint density at radius 1 is 1.14 bits per heavy atom. The molecule has 0 saturated carbocycles. The number of anilines is 1. The number of nitrogens with two attached hydrogens (primary N) is 1. The third kappa shape index (κ3) is 3.48. The van der Waals surface area contributed by atoms with Gasteiger partial charge < -0.3 is 20.7 Å². The Morgan fingerprint density at radius 3 is 2.44 bits per heavy atom. The second-order valence-corrected chi connectivity index (χ2v) is 9.63. The molecule has 4 N–H and O–H groups in total. The number of piperidine rings is 1. The van der Waals surface area contributed by atoms with E-state index in [-0.39, 0.29) is 35.5 Å². The molecule has 3 aromatic heterocycles. The van der Waals surface area contributed by atoms with E-state index < -0.39 is 6.61 Å². The number of aromatic nitrogens is 5. The fourth-order valence-corrected chi connectivity index (χ4v) is 6.01. The molecular formula is C26H27N7O3. The maximum absolute atomic E-state index is 12.7. The third-order valence-corrected chi connectivity index (χ3v) is 7.57. The van der Waals surface area contributed by atoms with Gasteiger partial charge in [0.15, 0.2) is 11.4 Å². The molecule has 1 amide bonds. The van der Waals surface area contributed by atoms with E-state index in [9.17, 15) is 14.7 Å². The molecule has 0 radical (unpaired) electrons. The summed E-state index contributed by atoms with van der Waals surface area (Å²) < 4.78 is 1.54. The average molecular weight is 486 g/mol. The Bertz CT molecular complexity index is 1450. The minimum absolute atomic E-state index is 0.0134. The molecule has 2 bridgehead atoms. The van der Waals surface area contributed by atoms with E-state index in [0.717, 1.165) is 35.4 Å². The molecule has 2 aliphatic heterocycles. The summed E-state index contributed by atoms with van der Waals surface area (Å²) in [5.74, 6) is 0.671. The van der Waals surface area contributed by atoms with Crippen LogP contribution in [0.25, 0.3) is 28.2 Å². The monoisotopic (exact) mass is 485 g/mol. The third-order valence-electron chi connectivity index (χ3n) is 7.57. The fourth-order valence-electron chi connectivity index (χ4n) is 6.01. The number of ketones is 1. The van der Waals surface area contributed by atoms with Crippen LogP contribution < -0.4 is 5.73 Å². The Morgan fingerprint density at radius 2 is 1.83 bits per heavy atom. The van der Waals surface area contributed by atoms with Gasteiger partial charge in [0.05, 0.1) is 17.5 Å². The highest BCUT2D eigenvalue weighted by Gasteiger charge is 2.44. The van der Waals surface area contributed by atoms with Crippen LogP contribution >= 0.6 is 0 Å². The van der Waals surface area contributed by atoms with Gasteiger partial charge in [-0.3, -0.25) is 9.59 Å². The summed E-state index contributed by atoms with van der Waals surface area (Å²) >= 11 is 0. The van der Waals surface area contributed by atoms with Crippen LogP contribution in [-0.4, -0.2) is 65.0 Å². The van der Waals surface area contributed by atoms with Gasteiger partial charge >= 0.3 is 0 Å². The van der Waals surface area contributed by atoms with E-state index in [2.05, 4.69) is 15.1 Å². The number of hydrogen-bond acceptors (Lipinski definition) is 7. The second-order valence-electron chi connectivity index (χ2n) is 9.63. The molecule has 184 valence electrons. The maximum Gasteiger partial charge on any atom is 0.248 e. The molecule has 4 aromatic rings. The molecule has 0 spiro atoms. The highest BCUT2D eigenvalue weighted by Crippen LogP contribution is 2.44. The number of carbonyl (C=O) groups excluding carboxylic acids is 2. The Hall–Kier alpha value is -4.05. The molecule has 10 heteroatoms. The number of hydrogen-bond donors (Lipinski definition) is 3. The van der Waals surface area contributed by atoms with Crippen LogP contribution in [0, 0.1) is 0 Å². The zero-order valence-electron chi connectivity index (χ0n) is 19.9. The number of nitrogens with zero attached hydrogens (tertiary/aromatic N) is 5. The Labute approximate surface area is 207 Å². The summed E-state index contributed by atoms with van der Waals surface area (Å²) in [4.78, 5) is 39.3. The predicted octanol–water partition coefficient (Wildman–Crippen LogP) is 2.80. The normalized spacial score (nSPS) is 21.3. The van der Waals surface area contributed by atoms with E-state index in [4.69, 9.17) is 10.7 Å². The number of imidazole rings is 1. The van der Waals surface area contributed by atoms with Crippen LogP contribution in [0.1, 0.15) is 54.6 Å². The summed E-state index contributed by atoms with van der Waals surface area (Å²) in [5, 5.41) is 13.9. The topological polar surface area (TPSA) is 142 Å². The molecule has 6 rings (SSSR count). The van der Waals surface area contributed by atoms with Crippen LogP contribution in [0.3, 0.4) is 0 Å². The fraction of sp³-hybridized carbons (Fsp3) is 0.346. The number of Topliss-reactive ketones (excluding diaryl/α,β-unsaturated/α-hetero) is 1. The Kier molecular flexibility index (Phi) is 5.33. The van der Waals surface area contributed by atoms with Gasteiger partial charge in [-0.15, -0.1) is 0 Å². The van der Waals surface area contributed by atoms with Crippen molar-refractivity contribution < 1.29 is 14.7 Å². The molecular weight excluding hydrogens is 458 g/mol. The van der Waals surface area contributed by atoms with Gasteiger partial charge in [0.2, 0.25) is 5.91 Å². The van der Waals surface area contributed by atoms with Crippen molar-refractivity contribution in [3.8, 4) is 22.5 Å². The van der Waals surface area contributed by atoms with E-state index in [1.165, 1.54) is 11.4 Å². The minimum atomic E-state index is -0.481. The second kappa shape index (κ2) is 8.56. The molecule has 2 aliphatic rings. The lowest BCUT2D eigenvalue weighted by atomic mass is 9.85. The number of aliphatic hydroxyl groups excluding tert-OH is 1. The molecule has 0 aliphatic carbocycles. The largest absolute Gasteiger partial charge is 0.387 e. The van der Waals surface area contributed by atoms with Gasteiger partial charge in [-0.05, 0) is 38.2 Å². The van der Waals surface area contributed by atoms with Gasteiger partial charge in [0.1, 0.15) is 18.2 Å². The zero-order chi connectivity index (χ0) is 25.0. The predicted molar refractivity (Wildman–Crippen MR) is 133 cm³/mol. The van der Waals surface area contributed by atoms with Crippen LogP contribution in [-0.2, 0) is 4.79 Å². The SMILES string of the molecule is CC(=O)c1c(C2C[C@H]3CC[C@@H](C2)N3C(=O)CO)nc2c(-c3ccc(-c4ncc[nH]4)cc3)cnn2c1N. The number of nitrogen functional groups attached to an aromatic ring is 1. The van der Waals surface area contributed by atoms with Crippen molar-refractivity contribution >= 4 is 23.2 Å². The van der Waals surface area contributed by atoms with Crippen LogP contribution in [0.15, 0.2) is 42.9 Å². The first-order valence-corrected chi connectivity index (χ1v) is 12.2. The number of benzene rings is 1. The average Bonchev–Trinajstić information content (AvgIpc) is 3.62. The number of H-pyrrole nitrogens is 1. The van der Waals surface area contributed by atoms with Gasteiger partial charge in [0, 0.05) is 41.5 Å². The zero-order valence-corrected chi connectivity index (χ0v) is 19.9. The first-order chi connectivity index (χ1) is 17.5. The molecule has 36 heavy (non-hydrogen) atoms. The summed E-state index contributed by atoms with van der Waals surface area (Å²) in [7, 11) is 0.